The minimum absolute atomic E-state index is 0.190. The summed E-state index contributed by atoms with van der Waals surface area (Å²) in [5.74, 6) is 1.95. The van der Waals surface area contributed by atoms with Gasteiger partial charge in [-0.15, -0.1) is 0 Å². The Bertz CT molecular complexity index is 377. The molecule has 0 bridgehead atoms. The molecule has 2 rings (SSSR count). The van der Waals surface area contributed by atoms with Crippen LogP contribution in [-0.4, -0.2) is 49.6 Å². The summed E-state index contributed by atoms with van der Waals surface area (Å²) in [5, 5.41) is 0. The fourth-order valence-electron chi connectivity index (χ4n) is 2.84. The first-order chi connectivity index (χ1) is 8.61. The average Bonchev–Trinajstić information content (AvgIpc) is 2.76. The van der Waals surface area contributed by atoms with E-state index in [0.717, 1.165) is 18.1 Å². The van der Waals surface area contributed by atoms with Crippen LogP contribution in [-0.2, 0) is 0 Å². The zero-order valence-corrected chi connectivity index (χ0v) is 11.7. The summed E-state index contributed by atoms with van der Waals surface area (Å²) in [7, 11) is 4.35. The van der Waals surface area contributed by atoms with Crippen LogP contribution in [0.1, 0.15) is 30.4 Å². The van der Waals surface area contributed by atoms with Gasteiger partial charge in [0.15, 0.2) is 0 Å². The topological polar surface area (TPSA) is 45.6 Å². The van der Waals surface area contributed by atoms with Crippen molar-refractivity contribution in [2.24, 2.45) is 5.73 Å². The van der Waals surface area contributed by atoms with Crippen LogP contribution >= 0.6 is 0 Å². The normalized spacial score (nSPS) is 23.5. The second-order valence-corrected chi connectivity index (χ2v) is 5.42. The van der Waals surface area contributed by atoms with Crippen LogP contribution in [0.3, 0.4) is 0 Å². The zero-order valence-electron chi connectivity index (χ0n) is 11.7. The van der Waals surface area contributed by atoms with E-state index in [1.807, 2.05) is 13.0 Å². The first-order valence-corrected chi connectivity index (χ1v) is 6.78. The van der Waals surface area contributed by atoms with Crippen LogP contribution in [0, 0.1) is 6.92 Å². The van der Waals surface area contributed by atoms with Crippen LogP contribution in [0.2, 0.25) is 0 Å². The van der Waals surface area contributed by atoms with Crippen molar-refractivity contribution >= 4 is 0 Å². The second-order valence-electron chi connectivity index (χ2n) is 5.42. The zero-order chi connectivity index (χ0) is 13.1. The molecule has 2 heterocycles. The molecule has 1 aliphatic heterocycles. The molecule has 1 aromatic heterocycles. The lowest BCUT2D eigenvalue weighted by Crippen LogP contribution is -2.47. The molecule has 0 radical (unpaired) electrons. The molecular formula is C14H25N3O. The van der Waals surface area contributed by atoms with Gasteiger partial charge in [0, 0.05) is 19.1 Å². The van der Waals surface area contributed by atoms with E-state index < -0.39 is 0 Å². The van der Waals surface area contributed by atoms with Crippen molar-refractivity contribution in [1.82, 2.24) is 9.80 Å². The van der Waals surface area contributed by atoms with Crippen LogP contribution in [0.5, 0.6) is 0 Å². The Kier molecular flexibility index (Phi) is 4.43. The molecule has 0 aromatic carbocycles. The summed E-state index contributed by atoms with van der Waals surface area (Å²) in [4.78, 5) is 4.78. The maximum Gasteiger partial charge on any atom is 0.122 e. The molecular weight excluding hydrogens is 226 g/mol. The van der Waals surface area contributed by atoms with Crippen molar-refractivity contribution in [3.8, 4) is 0 Å². The molecule has 18 heavy (non-hydrogen) atoms. The van der Waals surface area contributed by atoms with Crippen molar-refractivity contribution in [3.63, 3.8) is 0 Å². The van der Waals surface area contributed by atoms with Gasteiger partial charge in [-0.05, 0) is 52.5 Å². The van der Waals surface area contributed by atoms with E-state index in [4.69, 9.17) is 10.2 Å². The Hall–Kier alpha value is -0.840. The highest BCUT2D eigenvalue weighted by Crippen LogP contribution is 2.25. The van der Waals surface area contributed by atoms with Crippen molar-refractivity contribution < 1.29 is 4.42 Å². The van der Waals surface area contributed by atoms with Gasteiger partial charge >= 0.3 is 0 Å². The molecule has 1 aromatic rings. The highest BCUT2D eigenvalue weighted by atomic mass is 16.3. The van der Waals surface area contributed by atoms with E-state index in [9.17, 15) is 0 Å². The first kappa shape index (κ1) is 13.6. The van der Waals surface area contributed by atoms with Crippen molar-refractivity contribution in [2.75, 3.05) is 33.7 Å². The molecule has 2 N–H and O–H groups in total. The number of hydrogen-bond donors (Lipinski definition) is 1. The number of nitrogens with zero attached hydrogens (tertiary/aromatic N) is 2. The predicted molar refractivity (Wildman–Crippen MR) is 73.5 cm³/mol. The van der Waals surface area contributed by atoms with Crippen molar-refractivity contribution in [2.45, 2.75) is 31.8 Å². The smallest absolute Gasteiger partial charge is 0.122 e. The van der Waals surface area contributed by atoms with Gasteiger partial charge in [-0.3, -0.25) is 4.90 Å². The molecule has 1 saturated heterocycles. The molecule has 2 atom stereocenters. The molecule has 0 aliphatic carbocycles. The molecule has 4 nitrogen and oxygen atoms in total. The summed E-state index contributed by atoms with van der Waals surface area (Å²) >= 11 is 0. The van der Waals surface area contributed by atoms with Gasteiger partial charge in [-0.2, -0.15) is 0 Å². The molecule has 2 unspecified atom stereocenters. The van der Waals surface area contributed by atoms with E-state index in [2.05, 4.69) is 30.0 Å². The lowest BCUT2D eigenvalue weighted by atomic mass is 10.0. The third-order valence-electron chi connectivity index (χ3n) is 3.98. The van der Waals surface area contributed by atoms with Gasteiger partial charge in [-0.25, -0.2) is 0 Å². The number of hydrogen-bond acceptors (Lipinski definition) is 4. The standard InChI is InChI=1S/C14H25N3O/c1-11-6-7-14(18-11)13(9-15)17(3)12-5-4-8-16(2)10-12/h6-7,12-13H,4-5,8-10,15H2,1-3H3. The quantitative estimate of drug-likeness (QED) is 0.883. The minimum Gasteiger partial charge on any atom is -0.465 e. The predicted octanol–water partition coefficient (Wildman–Crippen LogP) is 1.61. The van der Waals surface area contributed by atoms with Gasteiger partial charge in [-0.1, -0.05) is 0 Å². The number of rotatable bonds is 4. The lowest BCUT2D eigenvalue weighted by Gasteiger charge is -2.39. The maximum atomic E-state index is 5.94. The molecule has 1 fully saturated rings. The average molecular weight is 251 g/mol. The Morgan fingerprint density at radius 2 is 2.33 bits per heavy atom. The largest absolute Gasteiger partial charge is 0.465 e. The monoisotopic (exact) mass is 251 g/mol. The molecule has 102 valence electrons. The highest BCUT2D eigenvalue weighted by Gasteiger charge is 2.28. The summed E-state index contributed by atoms with van der Waals surface area (Å²) in [5.41, 5.74) is 5.94. The third-order valence-corrected chi connectivity index (χ3v) is 3.98. The van der Waals surface area contributed by atoms with E-state index in [-0.39, 0.29) is 6.04 Å². The van der Waals surface area contributed by atoms with Crippen LogP contribution < -0.4 is 5.73 Å². The number of furan rings is 1. The van der Waals surface area contributed by atoms with E-state index in [1.165, 1.54) is 19.4 Å². The number of aryl methyl sites for hydroxylation is 1. The highest BCUT2D eigenvalue weighted by molar-refractivity contribution is 5.10. The van der Waals surface area contributed by atoms with E-state index >= 15 is 0 Å². The number of piperidine rings is 1. The summed E-state index contributed by atoms with van der Waals surface area (Å²) in [6, 6.07) is 4.83. The molecule has 0 amide bonds. The second kappa shape index (κ2) is 5.87. The Balaban J connectivity index is 2.07. The third kappa shape index (κ3) is 2.94. The Morgan fingerprint density at radius 1 is 1.56 bits per heavy atom. The summed E-state index contributed by atoms with van der Waals surface area (Å²) in [6.07, 6.45) is 2.51. The minimum atomic E-state index is 0.190. The summed E-state index contributed by atoms with van der Waals surface area (Å²) < 4.78 is 5.74. The van der Waals surface area contributed by atoms with Gasteiger partial charge in [0.1, 0.15) is 11.5 Å². The molecule has 0 saturated carbocycles. The fourth-order valence-corrected chi connectivity index (χ4v) is 2.84. The van der Waals surface area contributed by atoms with Gasteiger partial charge in [0.25, 0.3) is 0 Å². The Morgan fingerprint density at radius 3 is 2.89 bits per heavy atom. The van der Waals surface area contributed by atoms with Crippen LogP contribution in [0.15, 0.2) is 16.5 Å². The van der Waals surface area contributed by atoms with Gasteiger partial charge < -0.3 is 15.1 Å². The first-order valence-electron chi connectivity index (χ1n) is 6.78. The number of likely N-dealkylation sites (tertiary alicyclic amines) is 1. The number of likely N-dealkylation sites (N-methyl/N-ethyl adjacent to an activating group) is 2. The lowest BCUT2D eigenvalue weighted by molar-refractivity contribution is 0.0916. The molecule has 1 aliphatic rings. The van der Waals surface area contributed by atoms with Crippen molar-refractivity contribution in [1.29, 1.82) is 0 Å². The molecule has 4 heteroatoms. The fraction of sp³-hybridized carbons (Fsp3) is 0.714. The SMILES string of the molecule is Cc1ccc(C(CN)N(C)C2CCCN(C)C2)o1. The summed E-state index contributed by atoms with van der Waals surface area (Å²) in [6.45, 7) is 4.90. The number of nitrogens with two attached hydrogens (primary N) is 1. The Labute approximate surface area is 110 Å². The van der Waals surface area contributed by atoms with E-state index in [1.54, 1.807) is 0 Å². The van der Waals surface area contributed by atoms with Crippen molar-refractivity contribution in [3.05, 3.63) is 23.7 Å². The molecule has 0 spiro atoms. The van der Waals surface area contributed by atoms with Gasteiger partial charge in [0.2, 0.25) is 0 Å². The maximum absolute atomic E-state index is 5.94. The van der Waals surface area contributed by atoms with Crippen LogP contribution in [0.25, 0.3) is 0 Å². The van der Waals surface area contributed by atoms with Crippen LogP contribution in [0.4, 0.5) is 0 Å². The van der Waals surface area contributed by atoms with Gasteiger partial charge in [0.05, 0.1) is 6.04 Å². The van der Waals surface area contributed by atoms with E-state index in [0.29, 0.717) is 12.6 Å².